The second-order valence-corrected chi connectivity index (χ2v) is 7.30. The zero-order chi connectivity index (χ0) is 20.7. The van der Waals surface area contributed by atoms with Gasteiger partial charge in [0.05, 0.1) is 5.56 Å². The summed E-state index contributed by atoms with van der Waals surface area (Å²) in [5.41, 5.74) is -2.79. The van der Waals surface area contributed by atoms with Crippen molar-refractivity contribution in [1.29, 1.82) is 0 Å². The van der Waals surface area contributed by atoms with E-state index in [1.165, 1.54) is 25.1 Å². The molecule has 3 rings (SSSR count). The van der Waals surface area contributed by atoms with Crippen LogP contribution in [0.15, 0.2) is 62.6 Å². The topological polar surface area (TPSA) is 90.6 Å². The Bertz CT molecular complexity index is 1240. The second-order valence-electron chi connectivity index (χ2n) is 5.76. The van der Waals surface area contributed by atoms with E-state index in [1.54, 1.807) is 0 Å². The van der Waals surface area contributed by atoms with Crippen molar-refractivity contribution in [2.24, 2.45) is 0 Å². The number of hydrogen-bond acceptors (Lipinski definition) is 6. The molecule has 0 aliphatic carbocycles. The normalized spacial score (nSPS) is 12.1. The van der Waals surface area contributed by atoms with E-state index in [-0.39, 0.29) is 22.0 Å². The smallest absolute Gasteiger partial charge is 0.417 e. The molecule has 0 radical (unpaired) electrons. The average molecular weight is 412 g/mol. The van der Waals surface area contributed by atoms with Crippen LogP contribution in [-0.4, -0.2) is 14.2 Å². The lowest BCUT2D eigenvalue weighted by molar-refractivity contribution is -0.136. The van der Waals surface area contributed by atoms with Crippen LogP contribution < -0.4 is 9.81 Å². The molecule has 0 atom stereocenters. The average Bonchev–Trinajstić information content (AvgIpc) is 2.59. The van der Waals surface area contributed by atoms with Gasteiger partial charge in [-0.15, -0.1) is 0 Å². The van der Waals surface area contributed by atoms with Gasteiger partial charge in [0.1, 0.15) is 16.2 Å². The molecule has 0 spiro atoms. The van der Waals surface area contributed by atoms with Crippen LogP contribution in [0.1, 0.15) is 22.8 Å². The molecule has 0 fully saturated rings. The summed E-state index contributed by atoms with van der Waals surface area (Å²) >= 11 is 0. The van der Waals surface area contributed by atoms with Gasteiger partial charge in [-0.3, -0.25) is 4.79 Å². The largest absolute Gasteiger partial charge is 0.423 e. The van der Waals surface area contributed by atoms with Gasteiger partial charge in [0.25, 0.3) is 0 Å². The molecule has 3 aromatic rings. The molecular formula is C18H11F3O6S. The van der Waals surface area contributed by atoms with E-state index < -0.39 is 38.5 Å². The van der Waals surface area contributed by atoms with Gasteiger partial charge in [0, 0.05) is 23.1 Å². The number of Topliss-reactive ketones (excluding diaryl/α,β-unsaturated/α-hetero) is 1. The fraction of sp³-hybridized carbons (Fsp3) is 0.111. The first-order valence-electron chi connectivity index (χ1n) is 7.68. The molecule has 0 bridgehead atoms. The molecule has 0 unspecified atom stereocenters. The summed E-state index contributed by atoms with van der Waals surface area (Å²) in [5.74, 6) is -0.715. The van der Waals surface area contributed by atoms with Gasteiger partial charge >= 0.3 is 21.9 Å². The van der Waals surface area contributed by atoms with Crippen molar-refractivity contribution in [3.05, 3.63) is 70.1 Å². The Balaban J connectivity index is 2.04. The van der Waals surface area contributed by atoms with E-state index in [0.29, 0.717) is 6.07 Å². The van der Waals surface area contributed by atoms with Crippen LogP contribution in [0.2, 0.25) is 0 Å². The minimum absolute atomic E-state index is 0.143. The molecule has 0 saturated heterocycles. The highest BCUT2D eigenvalue weighted by atomic mass is 32.2. The van der Waals surface area contributed by atoms with E-state index in [9.17, 15) is 31.2 Å². The maximum Gasteiger partial charge on any atom is 0.417 e. The first-order valence-corrected chi connectivity index (χ1v) is 9.09. The number of carbonyl (C=O) groups is 1. The molecule has 0 N–H and O–H groups in total. The molecule has 0 aliphatic heterocycles. The van der Waals surface area contributed by atoms with E-state index in [1.807, 2.05) is 0 Å². The summed E-state index contributed by atoms with van der Waals surface area (Å²) in [4.78, 5) is 22.5. The van der Waals surface area contributed by atoms with Crippen LogP contribution in [0, 0.1) is 0 Å². The molecule has 28 heavy (non-hydrogen) atoms. The lowest BCUT2D eigenvalue weighted by Gasteiger charge is -2.11. The molecule has 1 heterocycles. The van der Waals surface area contributed by atoms with Crippen molar-refractivity contribution in [3.8, 4) is 5.75 Å². The summed E-state index contributed by atoms with van der Waals surface area (Å²) in [6, 6.07) is 8.21. The van der Waals surface area contributed by atoms with E-state index in [4.69, 9.17) is 8.60 Å². The van der Waals surface area contributed by atoms with Gasteiger partial charge in [-0.25, -0.2) is 4.79 Å². The maximum absolute atomic E-state index is 13.1. The quantitative estimate of drug-likeness (QED) is 0.368. The number of alkyl halides is 3. The van der Waals surface area contributed by atoms with Gasteiger partial charge in [0.2, 0.25) is 0 Å². The van der Waals surface area contributed by atoms with Crippen molar-refractivity contribution in [2.45, 2.75) is 18.0 Å². The minimum Gasteiger partial charge on any atom is -0.423 e. The summed E-state index contributed by atoms with van der Waals surface area (Å²) in [6.45, 7) is 1.26. The number of halogens is 3. The number of hydrogen-bond donors (Lipinski definition) is 0. The van der Waals surface area contributed by atoms with Gasteiger partial charge in [-0.2, -0.15) is 21.6 Å². The van der Waals surface area contributed by atoms with E-state index in [2.05, 4.69) is 0 Å². The molecule has 6 nitrogen and oxygen atoms in total. The monoisotopic (exact) mass is 412 g/mol. The third-order valence-corrected chi connectivity index (χ3v) is 5.00. The lowest BCUT2D eigenvalue weighted by atomic mass is 10.1. The number of rotatable bonds is 4. The first kappa shape index (κ1) is 19.6. The predicted molar refractivity (Wildman–Crippen MR) is 91.7 cm³/mol. The molecule has 10 heteroatoms. The van der Waals surface area contributed by atoms with Crippen molar-refractivity contribution >= 4 is 26.9 Å². The molecule has 0 aliphatic rings. The lowest BCUT2D eigenvalue weighted by Crippen LogP contribution is -2.12. The summed E-state index contributed by atoms with van der Waals surface area (Å²) < 4.78 is 73.6. The van der Waals surface area contributed by atoms with Crippen molar-refractivity contribution < 1.29 is 35.0 Å². The molecular weight excluding hydrogens is 401 g/mol. The SMILES string of the molecule is CC(=O)c1cccc(S(=O)(=O)Oc2ccc3c(C(F)(F)F)cc(=O)oc3c2)c1. The van der Waals surface area contributed by atoms with Crippen LogP contribution >= 0.6 is 0 Å². The molecule has 0 amide bonds. The van der Waals surface area contributed by atoms with Crippen molar-refractivity contribution in [2.75, 3.05) is 0 Å². The highest BCUT2D eigenvalue weighted by molar-refractivity contribution is 7.87. The van der Waals surface area contributed by atoms with Crippen molar-refractivity contribution in [3.63, 3.8) is 0 Å². The zero-order valence-corrected chi connectivity index (χ0v) is 14.9. The highest BCUT2D eigenvalue weighted by Crippen LogP contribution is 2.35. The Labute approximate surface area is 156 Å². The number of ketones is 1. The number of carbonyl (C=O) groups excluding carboxylic acids is 1. The third kappa shape index (κ3) is 3.91. The fourth-order valence-electron chi connectivity index (χ4n) is 2.47. The molecule has 146 valence electrons. The molecule has 1 aromatic heterocycles. The second kappa shape index (κ2) is 6.79. The number of benzene rings is 2. The minimum atomic E-state index is -4.80. The summed E-state index contributed by atoms with van der Waals surface area (Å²) in [5, 5.41) is -0.421. The fourth-order valence-corrected chi connectivity index (χ4v) is 3.44. The first-order chi connectivity index (χ1) is 13.0. The molecule has 0 saturated carbocycles. The number of fused-ring (bicyclic) bond motifs is 1. The summed E-state index contributed by atoms with van der Waals surface area (Å²) in [7, 11) is -4.38. The summed E-state index contributed by atoms with van der Waals surface area (Å²) in [6.07, 6.45) is -4.80. The standard InChI is InChI=1S/C18H11F3O6S/c1-10(22)11-3-2-4-13(7-11)28(24,25)27-12-5-6-14-15(18(19,20)21)9-17(23)26-16(14)8-12/h2-9H,1H3. The van der Waals surface area contributed by atoms with Gasteiger partial charge < -0.3 is 8.60 Å². The Morgan fingerprint density at radius 2 is 1.79 bits per heavy atom. The Hall–Kier alpha value is -3.14. The van der Waals surface area contributed by atoms with E-state index in [0.717, 1.165) is 24.3 Å². The van der Waals surface area contributed by atoms with Crippen LogP contribution in [0.3, 0.4) is 0 Å². The van der Waals surface area contributed by atoms with Crippen LogP contribution in [-0.2, 0) is 16.3 Å². The van der Waals surface area contributed by atoms with Crippen LogP contribution in [0.4, 0.5) is 13.2 Å². The Morgan fingerprint density at radius 3 is 2.43 bits per heavy atom. The highest BCUT2D eigenvalue weighted by Gasteiger charge is 2.34. The van der Waals surface area contributed by atoms with Crippen LogP contribution in [0.5, 0.6) is 5.75 Å². The van der Waals surface area contributed by atoms with Gasteiger partial charge in [-0.1, -0.05) is 12.1 Å². The predicted octanol–water partition coefficient (Wildman–Crippen LogP) is 3.78. The van der Waals surface area contributed by atoms with Gasteiger partial charge in [0.15, 0.2) is 5.78 Å². The Kier molecular flexibility index (Phi) is 4.76. The Morgan fingerprint density at radius 1 is 1.07 bits per heavy atom. The third-order valence-electron chi connectivity index (χ3n) is 3.76. The maximum atomic E-state index is 13.1. The van der Waals surface area contributed by atoms with Crippen LogP contribution in [0.25, 0.3) is 11.0 Å². The van der Waals surface area contributed by atoms with Crippen molar-refractivity contribution in [1.82, 2.24) is 0 Å². The van der Waals surface area contributed by atoms with E-state index >= 15 is 0 Å². The van der Waals surface area contributed by atoms with Gasteiger partial charge in [-0.05, 0) is 31.2 Å². The zero-order valence-electron chi connectivity index (χ0n) is 14.1. The molecule has 2 aromatic carbocycles.